The van der Waals surface area contributed by atoms with Crippen LogP contribution in [0.3, 0.4) is 0 Å². The van der Waals surface area contributed by atoms with Crippen molar-refractivity contribution < 1.29 is 14.4 Å². The van der Waals surface area contributed by atoms with Crippen LogP contribution in [-0.4, -0.2) is 23.9 Å². The van der Waals surface area contributed by atoms with Gasteiger partial charge in [0, 0.05) is 31.3 Å². The summed E-state index contributed by atoms with van der Waals surface area (Å²) in [6, 6.07) is 0. The van der Waals surface area contributed by atoms with Crippen LogP contribution in [0.5, 0.6) is 0 Å². The molecule has 0 fully saturated rings. The first-order valence-electron chi connectivity index (χ1n) is 0.144. The van der Waals surface area contributed by atoms with Crippen LogP contribution in [0.4, 0.5) is 0 Å². The van der Waals surface area contributed by atoms with Crippen LogP contribution in [0.15, 0.2) is 0 Å². The Kier molecular flexibility index (Phi) is 106. The third kappa shape index (κ3) is 9.63. The van der Waals surface area contributed by atoms with Gasteiger partial charge >= 0.3 is 24.9 Å². The summed E-state index contributed by atoms with van der Waals surface area (Å²) in [5.41, 5.74) is 0. The summed E-state index contributed by atoms with van der Waals surface area (Å²) in [7, 11) is 3.83. The van der Waals surface area contributed by atoms with Crippen molar-refractivity contribution in [1.82, 2.24) is 0 Å². The van der Waals surface area contributed by atoms with Crippen molar-refractivity contribution in [3.8, 4) is 0 Å². The third-order valence-electron chi connectivity index (χ3n) is 0. The summed E-state index contributed by atoms with van der Waals surface area (Å²) in [5, 5.41) is 0. The van der Waals surface area contributed by atoms with Crippen LogP contribution >= 0.6 is 10.6 Å². The van der Waals surface area contributed by atoms with E-state index in [-0.39, 0.29) is 31.3 Å². The zero-order valence-electron chi connectivity index (χ0n) is 1.76. The topological polar surface area (TPSA) is 0 Å². The van der Waals surface area contributed by atoms with Gasteiger partial charge in [-0.2, -0.15) is 0 Å². The minimum atomic E-state index is 0. The molecule has 0 aromatic carbocycles. The van der Waals surface area contributed by atoms with E-state index in [4.69, 9.17) is 0 Å². The molecule has 0 N–H and O–H groups in total. The molecule has 0 aliphatic heterocycles. The summed E-state index contributed by atoms with van der Waals surface area (Å²) < 4.78 is 0. The van der Waals surface area contributed by atoms with Crippen LogP contribution in [0.1, 0.15) is 0 Å². The maximum atomic E-state index is 3.83. The molecule has 0 nitrogen and oxygen atoms in total. The normalized spacial score (nSPS) is 1.25. The van der Waals surface area contributed by atoms with Gasteiger partial charge in [-0.3, -0.25) is 0 Å². The van der Waals surface area contributed by atoms with Gasteiger partial charge in [0.25, 0.3) is 0 Å². The first-order chi connectivity index (χ1) is 1.00. The van der Waals surface area contributed by atoms with Crippen molar-refractivity contribution in [2.75, 3.05) is 0 Å². The quantitative estimate of drug-likeness (QED) is 0.529. The molecule has 0 spiro atoms. The minimum Gasteiger partial charge on any atom is 0 e. The first-order valence-corrected chi connectivity index (χ1v) is 1.79. The van der Waals surface area contributed by atoms with E-state index in [0.717, 1.165) is 0 Å². The standard InChI is InChI=1S/C.Fe.S.Sn. The van der Waals surface area contributed by atoms with Crippen molar-refractivity contribution in [3.05, 3.63) is 7.43 Å². The molecule has 0 unspecified atom stereocenters. The molecule has 0 aromatic heterocycles. The second-order valence-corrected chi connectivity index (χ2v) is 0. The molecule has 0 rings (SSSR count). The molecule has 22 valence electrons. The molecule has 0 aromatic rings. The average molecular weight is 219 g/mol. The zero-order valence-corrected chi connectivity index (χ0v) is 6.54. The zero-order chi connectivity index (χ0) is 2.00. The largest absolute Gasteiger partial charge is 0 e. The summed E-state index contributed by atoms with van der Waals surface area (Å²) in [4.78, 5) is 0. The Labute approximate surface area is 56.0 Å². The van der Waals surface area contributed by atoms with E-state index in [0.29, 0.717) is 0 Å². The van der Waals surface area contributed by atoms with Crippen molar-refractivity contribution in [3.63, 3.8) is 0 Å². The predicted molar refractivity (Wildman–Crippen MR) is 16.6 cm³/mol. The van der Waals surface area contributed by atoms with Crippen molar-refractivity contribution in [2.45, 2.75) is 0 Å². The maximum Gasteiger partial charge on any atom is 0 e. The molecule has 0 bridgehead atoms. The van der Waals surface area contributed by atoms with E-state index in [1.807, 2.05) is 0 Å². The average Bonchev–Trinajstić information content (AvgIpc) is 1.00. The van der Waals surface area contributed by atoms with Crippen LogP contribution in [0, 0.1) is 7.43 Å². The van der Waals surface area contributed by atoms with Crippen molar-refractivity contribution in [1.29, 1.82) is 0 Å². The first kappa shape index (κ1) is 17.7. The molecular weight excluding hydrogens is 219 g/mol. The van der Waals surface area contributed by atoms with Gasteiger partial charge in [-0.05, 0) is 0 Å². The Morgan fingerprint density at radius 1 is 1.25 bits per heavy atom. The molecular formula is CFeSSn. The van der Waals surface area contributed by atoms with E-state index < -0.39 is 0 Å². The molecule has 0 amide bonds. The molecule has 4 heavy (non-hydrogen) atoms. The van der Waals surface area contributed by atoms with Gasteiger partial charge in [-0.1, -0.05) is 0 Å². The van der Waals surface area contributed by atoms with Gasteiger partial charge in [-0.25, -0.2) is 0 Å². The molecule has 0 heterocycles. The fourth-order valence-electron chi connectivity index (χ4n) is 0. The van der Waals surface area contributed by atoms with Gasteiger partial charge in [0.15, 0.2) is 0 Å². The molecule has 0 aliphatic rings. The molecule has 3 heteroatoms. The fraction of sp³-hybridized carbons (Fsp3) is 0. The second kappa shape index (κ2) is 24.0. The Balaban J connectivity index is -0.00000000500. The molecule has 0 aliphatic carbocycles. The van der Waals surface area contributed by atoms with E-state index in [1.165, 1.54) is 0 Å². The van der Waals surface area contributed by atoms with Gasteiger partial charge in [0.1, 0.15) is 0 Å². The van der Waals surface area contributed by atoms with Gasteiger partial charge in [-0.15, -0.1) is 0 Å². The van der Waals surface area contributed by atoms with Crippen LogP contribution in [0.2, 0.25) is 0 Å². The van der Waals surface area contributed by atoms with E-state index in [2.05, 4.69) is 24.9 Å². The van der Waals surface area contributed by atoms with E-state index in [1.54, 1.807) is 0 Å². The van der Waals surface area contributed by atoms with Crippen molar-refractivity contribution >= 4 is 34.5 Å². The van der Waals surface area contributed by atoms with Crippen LogP contribution in [-0.2, 0) is 14.4 Å². The third-order valence-corrected chi connectivity index (χ3v) is 0. The molecule has 0 atom stereocenters. The summed E-state index contributed by atoms with van der Waals surface area (Å²) in [6.45, 7) is 0. The summed E-state index contributed by atoms with van der Waals surface area (Å²) in [6.07, 6.45) is 0. The van der Waals surface area contributed by atoms with E-state index in [9.17, 15) is 0 Å². The minimum absolute atomic E-state index is 0. The number of hydrogen-bond acceptors (Lipinski definition) is 1. The smallest absolute Gasteiger partial charge is 0 e. The van der Waals surface area contributed by atoms with Crippen LogP contribution in [0.25, 0.3) is 0 Å². The number of hydrogen-bond donors (Lipinski definition) is 0. The Bertz CT molecular complexity index is 8.00. The monoisotopic (exact) mass is 220 g/mol. The second-order valence-electron chi connectivity index (χ2n) is 0. The van der Waals surface area contributed by atoms with Crippen molar-refractivity contribution in [2.24, 2.45) is 0 Å². The summed E-state index contributed by atoms with van der Waals surface area (Å²) >= 11 is 2.83. The van der Waals surface area contributed by atoms with Gasteiger partial charge in [0.05, 0.1) is 0 Å². The van der Waals surface area contributed by atoms with Gasteiger partial charge in [0.2, 0.25) is 0 Å². The van der Waals surface area contributed by atoms with Crippen LogP contribution < -0.4 is 0 Å². The molecule has 0 saturated heterocycles. The Hall–Kier alpha value is 1.54. The SMILES string of the molecule is [C].[S]=[Fe].[Sn]. The Morgan fingerprint density at radius 2 is 1.25 bits per heavy atom. The Morgan fingerprint density at radius 3 is 1.25 bits per heavy atom. The number of rotatable bonds is 0. The molecule has 0 saturated carbocycles. The van der Waals surface area contributed by atoms with E-state index >= 15 is 0 Å². The fourth-order valence-corrected chi connectivity index (χ4v) is 0. The summed E-state index contributed by atoms with van der Waals surface area (Å²) in [5.74, 6) is 0. The van der Waals surface area contributed by atoms with Gasteiger partial charge < -0.3 is 0 Å². The predicted octanol–water partition coefficient (Wildman–Crippen LogP) is 0.346. The molecule has 8 radical (unpaired) electrons. The maximum absolute atomic E-state index is 3.83.